The van der Waals surface area contributed by atoms with Gasteiger partial charge in [-0.3, -0.25) is 9.48 Å². The summed E-state index contributed by atoms with van der Waals surface area (Å²) in [7, 11) is -2.11. The standard InChI is InChI=1S/C26H22N6O7S/c1-32-23(29-18-10-40(38,39)19-9-14(26(36)37)3-6-16(18)19)21-20(31-32)22(28-11-27-21)24(33)30-17-7-4-12-8-13(25(34)35)2-5-15(12)17/h2-3,5-6,8-9,11,17-18,29H,4,7,10H2,1H3,(H,30,33)(H,34,35)(H,36,37)/t17-,18?/m0/s1. The molecule has 0 bridgehead atoms. The van der Waals surface area contributed by atoms with Gasteiger partial charge in [-0.2, -0.15) is 5.10 Å². The fourth-order valence-corrected chi connectivity index (χ4v) is 7.12. The van der Waals surface area contributed by atoms with Crippen molar-refractivity contribution >= 4 is 44.5 Å². The van der Waals surface area contributed by atoms with Crippen molar-refractivity contribution in [2.45, 2.75) is 29.8 Å². The molecule has 4 N–H and O–H groups in total. The van der Waals surface area contributed by atoms with E-state index in [0.29, 0.717) is 29.7 Å². The minimum Gasteiger partial charge on any atom is -0.478 e. The van der Waals surface area contributed by atoms with Gasteiger partial charge < -0.3 is 20.8 Å². The number of sulfone groups is 1. The molecule has 2 aromatic carbocycles. The van der Waals surface area contributed by atoms with Gasteiger partial charge in [-0.25, -0.2) is 28.0 Å². The summed E-state index contributed by atoms with van der Waals surface area (Å²) in [6.45, 7) is 0. The molecule has 1 amide bonds. The largest absolute Gasteiger partial charge is 0.478 e. The molecule has 1 aliphatic carbocycles. The predicted octanol–water partition coefficient (Wildman–Crippen LogP) is 2.12. The number of carbonyl (C=O) groups is 3. The van der Waals surface area contributed by atoms with Gasteiger partial charge in [0.05, 0.1) is 33.9 Å². The van der Waals surface area contributed by atoms with Gasteiger partial charge >= 0.3 is 11.9 Å². The Morgan fingerprint density at radius 2 is 1.65 bits per heavy atom. The zero-order valence-corrected chi connectivity index (χ0v) is 21.8. The Morgan fingerprint density at radius 1 is 0.950 bits per heavy atom. The maximum absolute atomic E-state index is 13.3. The van der Waals surface area contributed by atoms with Crippen LogP contribution in [0.25, 0.3) is 11.0 Å². The quantitative estimate of drug-likeness (QED) is 0.269. The van der Waals surface area contributed by atoms with Gasteiger partial charge in [0, 0.05) is 7.05 Å². The monoisotopic (exact) mass is 562 g/mol. The lowest BCUT2D eigenvalue weighted by Gasteiger charge is -2.15. The SMILES string of the molecule is Cn1nc2c(C(=O)N[C@H]3CCc4cc(C(=O)O)ccc43)ncnc2c1NC1CS(=O)(=O)c2cc(C(=O)O)ccc21. The number of aromatic nitrogens is 4. The molecule has 1 aliphatic heterocycles. The summed E-state index contributed by atoms with van der Waals surface area (Å²) >= 11 is 0. The molecule has 0 fully saturated rings. The van der Waals surface area contributed by atoms with Crippen LogP contribution in [-0.4, -0.2) is 62.0 Å². The molecule has 40 heavy (non-hydrogen) atoms. The maximum atomic E-state index is 13.3. The van der Waals surface area contributed by atoms with Crippen LogP contribution in [-0.2, 0) is 23.3 Å². The fraction of sp³-hybridized carbons (Fsp3) is 0.231. The number of amides is 1. The number of carboxylic acids is 2. The minimum absolute atomic E-state index is 0.0369. The third-order valence-electron chi connectivity index (χ3n) is 7.28. The summed E-state index contributed by atoms with van der Waals surface area (Å²) in [6, 6.07) is 7.81. The maximum Gasteiger partial charge on any atom is 0.335 e. The summed E-state index contributed by atoms with van der Waals surface area (Å²) in [5.41, 5.74) is 2.78. The molecule has 0 spiro atoms. The second kappa shape index (κ2) is 9.12. The Morgan fingerprint density at radius 3 is 2.38 bits per heavy atom. The highest BCUT2D eigenvalue weighted by Crippen LogP contribution is 2.38. The van der Waals surface area contributed by atoms with Crippen molar-refractivity contribution in [3.8, 4) is 0 Å². The fourth-order valence-electron chi connectivity index (χ4n) is 5.36. The molecule has 2 aromatic heterocycles. The van der Waals surface area contributed by atoms with E-state index in [9.17, 15) is 33.0 Å². The van der Waals surface area contributed by atoms with Crippen LogP contribution in [0.15, 0.2) is 47.6 Å². The molecule has 2 aliphatic rings. The number of nitrogens with zero attached hydrogens (tertiary/aromatic N) is 4. The van der Waals surface area contributed by atoms with E-state index in [2.05, 4.69) is 25.7 Å². The number of fused-ring (bicyclic) bond motifs is 3. The second-order valence-electron chi connectivity index (χ2n) is 9.71. The van der Waals surface area contributed by atoms with E-state index in [1.807, 2.05) is 0 Å². The molecule has 13 nitrogen and oxygen atoms in total. The van der Waals surface area contributed by atoms with Gasteiger partial charge in [0.15, 0.2) is 21.3 Å². The van der Waals surface area contributed by atoms with E-state index in [0.717, 1.165) is 17.2 Å². The van der Waals surface area contributed by atoms with E-state index in [1.54, 1.807) is 19.2 Å². The first-order valence-electron chi connectivity index (χ1n) is 12.2. The zero-order chi connectivity index (χ0) is 28.3. The summed E-state index contributed by atoms with van der Waals surface area (Å²) in [4.78, 5) is 44.3. The van der Waals surface area contributed by atoms with Crippen LogP contribution in [0.1, 0.15) is 66.4 Å². The van der Waals surface area contributed by atoms with E-state index in [1.165, 1.54) is 29.2 Å². The molecule has 1 unspecified atom stereocenters. The number of carboxylic acid groups (broad SMARTS) is 2. The molecule has 204 valence electrons. The average molecular weight is 563 g/mol. The lowest BCUT2D eigenvalue weighted by Crippen LogP contribution is -2.28. The third kappa shape index (κ3) is 4.12. The van der Waals surface area contributed by atoms with Gasteiger partial charge in [0.2, 0.25) is 0 Å². The van der Waals surface area contributed by atoms with Crippen LogP contribution >= 0.6 is 0 Å². The number of aromatic carboxylic acids is 2. The minimum atomic E-state index is -3.73. The van der Waals surface area contributed by atoms with Crippen LogP contribution in [0, 0.1) is 0 Å². The topological polar surface area (TPSA) is 193 Å². The number of benzene rings is 2. The van der Waals surface area contributed by atoms with E-state index in [-0.39, 0.29) is 39.0 Å². The number of hydrogen-bond donors (Lipinski definition) is 4. The van der Waals surface area contributed by atoms with Crippen LogP contribution in [0.5, 0.6) is 0 Å². The summed E-state index contributed by atoms with van der Waals surface area (Å²) < 4.78 is 27.0. The lowest BCUT2D eigenvalue weighted by molar-refractivity contribution is 0.0686. The number of hydrogen-bond acceptors (Lipinski definition) is 9. The number of rotatable bonds is 6. The van der Waals surface area contributed by atoms with Crippen LogP contribution in [0.2, 0.25) is 0 Å². The van der Waals surface area contributed by atoms with Crippen molar-refractivity contribution in [3.05, 3.63) is 76.2 Å². The number of carbonyl (C=O) groups excluding carboxylic acids is 1. The molecule has 0 saturated heterocycles. The Kier molecular flexibility index (Phi) is 5.80. The molecule has 0 saturated carbocycles. The number of anilines is 1. The Hall–Kier alpha value is -4.85. The highest BCUT2D eigenvalue weighted by atomic mass is 32.2. The summed E-state index contributed by atoms with van der Waals surface area (Å²) in [6.07, 6.45) is 2.45. The molecule has 6 rings (SSSR count). The highest BCUT2D eigenvalue weighted by molar-refractivity contribution is 7.91. The average Bonchev–Trinajstić information content (AvgIpc) is 3.54. The second-order valence-corrected chi connectivity index (χ2v) is 11.7. The molecule has 3 heterocycles. The van der Waals surface area contributed by atoms with E-state index in [4.69, 9.17) is 0 Å². The molecular formula is C26H22N6O7S. The number of aryl methyl sites for hydroxylation is 2. The molecule has 14 heteroatoms. The first-order valence-corrected chi connectivity index (χ1v) is 13.9. The van der Waals surface area contributed by atoms with Gasteiger partial charge in [0.1, 0.15) is 17.4 Å². The van der Waals surface area contributed by atoms with Crippen molar-refractivity contribution in [1.29, 1.82) is 0 Å². The van der Waals surface area contributed by atoms with E-state index >= 15 is 0 Å². The van der Waals surface area contributed by atoms with Crippen molar-refractivity contribution in [2.75, 3.05) is 11.1 Å². The lowest BCUT2D eigenvalue weighted by atomic mass is 10.0. The van der Waals surface area contributed by atoms with Crippen molar-refractivity contribution in [1.82, 2.24) is 25.1 Å². The smallest absolute Gasteiger partial charge is 0.335 e. The first kappa shape index (κ1) is 25.4. The van der Waals surface area contributed by atoms with Crippen LogP contribution < -0.4 is 10.6 Å². The van der Waals surface area contributed by atoms with Crippen molar-refractivity contribution in [2.24, 2.45) is 7.05 Å². The van der Waals surface area contributed by atoms with E-state index < -0.39 is 33.7 Å². The molecule has 2 atom stereocenters. The van der Waals surface area contributed by atoms with Crippen LogP contribution in [0.3, 0.4) is 0 Å². The van der Waals surface area contributed by atoms with Gasteiger partial charge in [-0.1, -0.05) is 12.1 Å². The van der Waals surface area contributed by atoms with Crippen LogP contribution in [0.4, 0.5) is 5.82 Å². The van der Waals surface area contributed by atoms with Gasteiger partial charge in [-0.15, -0.1) is 0 Å². The third-order valence-corrected chi connectivity index (χ3v) is 9.07. The Labute approximate surface area is 226 Å². The van der Waals surface area contributed by atoms with Crippen molar-refractivity contribution in [3.63, 3.8) is 0 Å². The Balaban J connectivity index is 1.29. The molecular weight excluding hydrogens is 540 g/mol. The first-order chi connectivity index (χ1) is 19.0. The Bertz CT molecular complexity index is 1870. The van der Waals surface area contributed by atoms with Crippen molar-refractivity contribution < 1.29 is 33.0 Å². The predicted molar refractivity (Wildman–Crippen MR) is 140 cm³/mol. The van der Waals surface area contributed by atoms with Gasteiger partial charge in [-0.05, 0) is 53.8 Å². The molecule has 0 radical (unpaired) electrons. The highest BCUT2D eigenvalue weighted by Gasteiger charge is 2.36. The molecule has 4 aromatic rings. The number of nitrogens with one attached hydrogen (secondary N) is 2. The van der Waals surface area contributed by atoms with Gasteiger partial charge in [0.25, 0.3) is 5.91 Å². The zero-order valence-electron chi connectivity index (χ0n) is 21.0. The summed E-state index contributed by atoms with van der Waals surface area (Å²) in [5.74, 6) is -2.63. The summed E-state index contributed by atoms with van der Waals surface area (Å²) in [5, 5.41) is 29.1. The normalized spacial score (nSPS) is 18.7.